The van der Waals surface area contributed by atoms with Gasteiger partial charge in [-0.25, -0.2) is 9.48 Å². The number of ether oxygens (including phenoxy) is 1. The molecule has 0 saturated heterocycles. The van der Waals surface area contributed by atoms with Crippen molar-refractivity contribution < 1.29 is 14.3 Å². The highest BCUT2D eigenvalue weighted by Crippen LogP contribution is 2.08. The average molecular weight is 283 g/mol. The van der Waals surface area contributed by atoms with Crippen LogP contribution in [0.1, 0.15) is 36.5 Å². The lowest BCUT2D eigenvalue weighted by Crippen LogP contribution is -2.31. The number of aromatic nitrogens is 3. The monoisotopic (exact) mass is 283 g/mol. The van der Waals surface area contributed by atoms with Gasteiger partial charge in [-0.15, -0.1) is 5.10 Å². The lowest BCUT2D eigenvalue weighted by molar-refractivity contribution is -0.121. The van der Waals surface area contributed by atoms with Crippen LogP contribution in [0.15, 0.2) is 0 Å². The Morgan fingerprint density at radius 2 is 2.15 bits per heavy atom. The maximum absolute atomic E-state index is 11.6. The van der Waals surface area contributed by atoms with Gasteiger partial charge >= 0.3 is 5.97 Å². The Morgan fingerprint density at radius 3 is 2.70 bits per heavy atom. The summed E-state index contributed by atoms with van der Waals surface area (Å²) < 4.78 is 6.17. The predicted octanol–water partition coefficient (Wildman–Crippen LogP) is -0.519. The number of carbonyl (C=O) groups excluding carboxylic acids is 2. The zero-order chi connectivity index (χ0) is 15.1. The van der Waals surface area contributed by atoms with E-state index >= 15 is 0 Å². The highest BCUT2D eigenvalue weighted by atomic mass is 16.5. The van der Waals surface area contributed by atoms with Gasteiger partial charge in [0, 0.05) is 18.9 Å². The molecule has 0 aliphatic heterocycles. The fourth-order valence-electron chi connectivity index (χ4n) is 1.75. The average Bonchev–Trinajstić information content (AvgIpc) is 2.78. The lowest BCUT2D eigenvalue weighted by Gasteiger charge is -2.09. The van der Waals surface area contributed by atoms with Gasteiger partial charge in [-0.3, -0.25) is 4.79 Å². The van der Waals surface area contributed by atoms with Gasteiger partial charge in [-0.05, 0) is 20.4 Å². The lowest BCUT2D eigenvalue weighted by atomic mass is 10.2. The Bertz CT molecular complexity index is 470. The number of rotatable bonds is 7. The summed E-state index contributed by atoms with van der Waals surface area (Å²) in [5, 5.41) is 10.5. The molecule has 1 aromatic rings. The number of methoxy groups -OCH3 is 1. The number of nitrogens with two attached hydrogens (primary N) is 1. The van der Waals surface area contributed by atoms with Crippen molar-refractivity contribution in [1.82, 2.24) is 20.3 Å². The van der Waals surface area contributed by atoms with E-state index in [0.717, 1.165) is 0 Å². The van der Waals surface area contributed by atoms with Gasteiger partial charge in [0.1, 0.15) is 0 Å². The van der Waals surface area contributed by atoms with Crippen LogP contribution >= 0.6 is 0 Å². The number of aryl methyl sites for hydroxylation is 1. The van der Waals surface area contributed by atoms with Crippen LogP contribution in [0.25, 0.3) is 0 Å². The highest BCUT2D eigenvalue weighted by Gasteiger charge is 2.20. The zero-order valence-corrected chi connectivity index (χ0v) is 12.0. The van der Waals surface area contributed by atoms with Crippen molar-refractivity contribution >= 4 is 11.9 Å². The normalized spacial score (nSPS) is 10.7. The fourth-order valence-corrected chi connectivity index (χ4v) is 1.75. The Hall–Kier alpha value is -1.96. The Kier molecular flexibility index (Phi) is 6.10. The first-order valence-corrected chi connectivity index (χ1v) is 6.49. The molecule has 0 unspecified atom stereocenters. The molecule has 0 saturated carbocycles. The molecule has 8 nitrogen and oxygen atoms in total. The SMILES string of the molecule is COC(=O)c1nnn(CCC(=O)NC(C)C)c1CCN. The van der Waals surface area contributed by atoms with Crippen LogP contribution in [0.4, 0.5) is 0 Å². The number of amides is 1. The van der Waals surface area contributed by atoms with Crippen molar-refractivity contribution in [3.05, 3.63) is 11.4 Å². The van der Waals surface area contributed by atoms with Crippen molar-refractivity contribution in [2.75, 3.05) is 13.7 Å². The number of nitrogens with zero attached hydrogens (tertiary/aromatic N) is 3. The van der Waals surface area contributed by atoms with Crippen molar-refractivity contribution in [3.63, 3.8) is 0 Å². The first-order chi connectivity index (χ1) is 9.49. The van der Waals surface area contributed by atoms with E-state index in [1.807, 2.05) is 13.8 Å². The van der Waals surface area contributed by atoms with Gasteiger partial charge in [-0.2, -0.15) is 0 Å². The summed E-state index contributed by atoms with van der Waals surface area (Å²) in [6.07, 6.45) is 0.711. The van der Waals surface area contributed by atoms with E-state index in [0.29, 0.717) is 25.2 Å². The molecule has 112 valence electrons. The second-order valence-corrected chi connectivity index (χ2v) is 4.61. The summed E-state index contributed by atoms with van der Waals surface area (Å²) in [5.41, 5.74) is 6.27. The molecule has 1 rings (SSSR count). The maximum Gasteiger partial charge on any atom is 0.360 e. The molecule has 1 amide bonds. The van der Waals surface area contributed by atoms with Crippen molar-refractivity contribution in [1.29, 1.82) is 0 Å². The third-order valence-corrected chi connectivity index (χ3v) is 2.60. The van der Waals surface area contributed by atoms with Gasteiger partial charge < -0.3 is 15.8 Å². The molecule has 0 spiro atoms. The smallest absolute Gasteiger partial charge is 0.360 e. The summed E-state index contributed by atoms with van der Waals surface area (Å²) in [6, 6.07) is 0.0902. The summed E-state index contributed by atoms with van der Waals surface area (Å²) >= 11 is 0. The van der Waals surface area contributed by atoms with Crippen molar-refractivity contribution in [3.8, 4) is 0 Å². The Balaban J connectivity index is 2.77. The van der Waals surface area contributed by atoms with Crippen LogP contribution in [0.2, 0.25) is 0 Å². The summed E-state index contributed by atoms with van der Waals surface area (Å²) in [5.74, 6) is -0.625. The van der Waals surface area contributed by atoms with Crippen LogP contribution in [0, 0.1) is 0 Å². The highest BCUT2D eigenvalue weighted by molar-refractivity contribution is 5.88. The van der Waals surface area contributed by atoms with Crippen molar-refractivity contribution in [2.24, 2.45) is 5.73 Å². The van der Waals surface area contributed by atoms with E-state index in [-0.39, 0.29) is 24.1 Å². The van der Waals surface area contributed by atoms with Gasteiger partial charge in [0.2, 0.25) is 5.91 Å². The van der Waals surface area contributed by atoms with Crippen LogP contribution in [0.5, 0.6) is 0 Å². The Morgan fingerprint density at radius 1 is 1.45 bits per heavy atom. The predicted molar refractivity (Wildman–Crippen MR) is 72.0 cm³/mol. The quantitative estimate of drug-likeness (QED) is 0.651. The van der Waals surface area contributed by atoms with E-state index in [1.54, 1.807) is 0 Å². The summed E-state index contributed by atoms with van der Waals surface area (Å²) in [4.78, 5) is 23.2. The van der Waals surface area contributed by atoms with Crippen LogP contribution in [0.3, 0.4) is 0 Å². The molecule has 0 aliphatic carbocycles. The molecule has 0 aromatic carbocycles. The molecular weight excluding hydrogens is 262 g/mol. The summed E-state index contributed by atoms with van der Waals surface area (Å²) in [7, 11) is 1.28. The fraction of sp³-hybridized carbons (Fsp3) is 0.667. The topological polar surface area (TPSA) is 112 Å². The van der Waals surface area contributed by atoms with Gasteiger partial charge in [0.15, 0.2) is 5.69 Å². The minimum Gasteiger partial charge on any atom is -0.464 e. The van der Waals surface area contributed by atoms with E-state index in [4.69, 9.17) is 5.73 Å². The standard InChI is InChI=1S/C12H21N5O3/c1-8(2)14-10(18)5-7-17-9(4-6-13)11(15-16-17)12(19)20-3/h8H,4-7,13H2,1-3H3,(H,14,18). The molecule has 8 heteroatoms. The first-order valence-electron chi connectivity index (χ1n) is 6.49. The molecule has 3 N–H and O–H groups in total. The molecule has 0 radical (unpaired) electrons. The van der Waals surface area contributed by atoms with E-state index < -0.39 is 5.97 Å². The van der Waals surface area contributed by atoms with Gasteiger partial charge in [-0.1, -0.05) is 5.21 Å². The Labute approximate surface area is 117 Å². The second kappa shape index (κ2) is 7.59. The summed E-state index contributed by atoms with van der Waals surface area (Å²) in [6.45, 7) is 4.48. The van der Waals surface area contributed by atoms with Gasteiger partial charge in [0.25, 0.3) is 0 Å². The van der Waals surface area contributed by atoms with Crippen LogP contribution in [-0.2, 0) is 22.5 Å². The minimum absolute atomic E-state index is 0.0752. The molecular formula is C12H21N5O3. The van der Waals surface area contributed by atoms with E-state index in [9.17, 15) is 9.59 Å². The first kappa shape index (κ1) is 16.1. The largest absolute Gasteiger partial charge is 0.464 e. The van der Waals surface area contributed by atoms with E-state index in [2.05, 4.69) is 20.4 Å². The third-order valence-electron chi connectivity index (χ3n) is 2.60. The number of hydrogen-bond donors (Lipinski definition) is 2. The number of hydrogen-bond acceptors (Lipinski definition) is 6. The molecule has 1 heterocycles. The molecule has 20 heavy (non-hydrogen) atoms. The zero-order valence-electron chi connectivity index (χ0n) is 12.0. The third kappa shape index (κ3) is 4.30. The molecule has 0 atom stereocenters. The van der Waals surface area contributed by atoms with Crippen molar-refractivity contribution in [2.45, 2.75) is 39.3 Å². The van der Waals surface area contributed by atoms with Crippen LogP contribution in [-0.4, -0.2) is 46.6 Å². The molecule has 0 bridgehead atoms. The van der Waals surface area contributed by atoms with Crippen LogP contribution < -0.4 is 11.1 Å². The van der Waals surface area contributed by atoms with E-state index in [1.165, 1.54) is 11.8 Å². The number of esters is 1. The number of carbonyl (C=O) groups is 2. The molecule has 1 aromatic heterocycles. The molecule has 0 fully saturated rings. The molecule has 0 aliphatic rings. The minimum atomic E-state index is -0.550. The number of nitrogens with one attached hydrogen (secondary N) is 1. The second-order valence-electron chi connectivity index (χ2n) is 4.61. The van der Waals surface area contributed by atoms with Gasteiger partial charge in [0.05, 0.1) is 19.3 Å². The maximum atomic E-state index is 11.6.